The maximum absolute atomic E-state index is 10.9. The van der Waals surface area contributed by atoms with Crippen molar-refractivity contribution in [3.8, 4) is 0 Å². The maximum Gasteiger partial charge on any atom is 0.0623 e. The minimum absolute atomic E-state index is 0.0247. The molecule has 5 rings (SSSR count). The first-order valence-electron chi connectivity index (χ1n) is 13.9. The molecule has 182 valence electrons. The Morgan fingerprint density at radius 3 is 2.31 bits per heavy atom. The average molecular weight is 443 g/mol. The average Bonchev–Trinajstić information content (AvgIpc) is 2.82. The second-order valence-corrected chi connectivity index (χ2v) is 14.3. The standard InChI is InChI=1S/C30H50O2/c1-18(2)22-11-9-19(3)26-23(32-22)17-30(8)21-10-12-24-27(4,5)25(31)14-15-28(24,6)20(21)13-16-29(26,30)7/h18-19,22-26,31H,9-17H2,1-8H3/t19-,22?,23?,24+,25-,26+,28-,29-,30+/m1/s1. The van der Waals surface area contributed by atoms with E-state index < -0.39 is 0 Å². The third-order valence-electron chi connectivity index (χ3n) is 12.4. The molecule has 2 heteroatoms. The molecule has 1 N–H and O–H groups in total. The van der Waals surface area contributed by atoms with E-state index in [1.165, 1.54) is 51.4 Å². The van der Waals surface area contributed by atoms with Gasteiger partial charge in [-0.1, -0.05) is 66.5 Å². The number of fused-ring (bicyclic) bond motifs is 6. The topological polar surface area (TPSA) is 29.5 Å². The summed E-state index contributed by atoms with van der Waals surface area (Å²) in [6, 6.07) is 0. The first-order chi connectivity index (χ1) is 14.9. The molecule has 9 atom stereocenters. The lowest BCUT2D eigenvalue weighted by Crippen LogP contribution is -2.55. The van der Waals surface area contributed by atoms with Crippen LogP contribution in [0.1, 0.15) is 113 Å². The van der Waals surface area contributed by atoms with Crippen LogP contribution >= 0.6 is 0 Å². The zero-order valence-electron chi connectivity index (χ0n) is 22.3. The molecule has 4 aliphatic carbocycles. The molecule has 0 aromatic rings. The number of allylic oxidation sites excluding steroid dienone is 2. The number of ether oxygens (including phenoxy) is 1. The Bertz CT molecular complexity index is 795. The molecular formula is C30H50O2. The van der Waals surface area contributed by atoms with Gasteiger partial charge in [0, 0.05) is 0 Å². The summed E-state index contributed by atoms with van der Waals surface area (Å²) in [5.74, 6) is 2.68. The van der Waals surface area contributed by atoms with Crippen molar-refractivity contribution in [2.75, 3.05) is 0 Å². The van der Waals surface area contributed by atoms with E-state index in [1.54, 1.807) is 0 Å². The molecule has 5 aliphatic rings. The highest BCUT2D eigenvalue weighted by Gasteiger charge is 2.66. The second-order valence-electron chi connectivity index (χ2n) is 14.3. The fourth-order valence-electron chi connectivity index (χ4n) is 10.3. The van der Waals surface area contributed by atoms with Crippen molar-refractivity contribution in [3.63, 3.8) is 0 Å². The van der Waals surface area contributed by atoms with Gasteiger partial charge in [0.2, 0.25) is 0 Å². The van der Waals surface area contributed by atoms with Crippen molar-refractivity contribution < 1.29 is 9.84 Å². The minimum Gasteiger partial charge on any atom is -0.393 e. The zero-order chi connectivity index (χ0) is 23.3. The van der Waals surface area contributed by atoms with E-state index in [0.29, 0.717) is 35.4 Å². The summed E-state index contributed by atoms with van der Waals surface area (Å²) < 4.78 is 6.99. The first kappa shape index (κ1) is 23.4. The van der Waals surface area contributed by atoms with E-state index >= 15 is 0 Å². The summed E-state index contributed by atoms with van der Waals surface area (Å²) >= 11 is 0. The van der Waals surface area contributed by atoms with E-state index in [2.05, 4.69) is 55.4 Å². The molecule has 0 amide bonds. The van der Waals surface area contributed by atoms with Gasteiger partial charge >= 0.3 is 0 Å². The van der Waals surface area contributed by atoms with E-state index in [0.717, 1.165) is 12.3 Å². The molecule has 1 heterocycles. The van der Waals surface area contributed by atoms with Crippen molar-refractivity contribution in [2.45, 2.75) is 131 Å². The monoisotopic (exact) mass is 442 g/mol. The Labute approximate surface area is 198 Å². The molecule has 2 nitrogen and oxygen atoms in total. The van der Waals surface area contributed by atoms with E-state index in [9.17, 15) is 5.11 Å². The summed E-state index contributed by atoms with van der Waals surface area (Å²) in [6.07, 6.45) is 11.8. The van der Waals surface area contributed by atoms with Gasteiger partial charge in [0.05, 0.1) is 18.3 Å². The van der Waals surface area contributed by atoms with Crippen LogP contribution in [0.3, 0.4) is 0 Å². The number of rotatable bonds is 1. The van der Waals surface area contributed by atoms with Gasteiger partial charge in [-0.05, 0) is 103 Å². The first-order valence-corrected chi connectivity index (χ1v) is 13.9. The highest BCUT2D eigenvalue weighted by atomic mass is 16.5. The summed E-state index contributed by atoms with van der Waals surface area (Å²) in [6.45, 7) is 19.8. The Morgan fingerprint density at radius 1 is 0.906 bits per heavy atom. The summed E-state index contributed by atoms with van der Waals surface area (Å²) in [5, 5.41) is 10.9. The molecule has 3 fully saturated rings. The van der Waals surface area contributed by atoms with Crippen molar-refractivity contribution in [1.82, 2.24) is 0 Å². The Balaban J connectivity index is 1.56. The van der Waals surface area contributed by atoms with Gasteiger partial charge in [0.25, 0.3) is 0 Å². The number of aliphatic hydroxyl groups excluding tert-OH is 1. The number of hydrogen-bond acceptors (Lipinski definition) is 2. The van der Waals surface area contributed by atoms with Crippen LogP contribution in [0.4, 0.5) is 0 Å². The van der Waals surface area contributed by atoms with Crippen LogP contribution in [-0.4, -0.2) is 23.4 Å². The molecule has 0 aromatic heterocycles. The lowest BCUT2D eigenvalue weighted by molar-refractivity contribution is -0.0966. The van der Waals surface area contributed by atoms with Gasteiger partial charge in [0.1, 0.15) is 0 Å². The van der Waals surface area contributed by atoms with Gasteiger partial charge in [-0.2, -0.15) is 0 Å². The van der Waals surface area contributed by atoms with Gasteiger partial charge < -0.3 is 9.84 Å². The number of aliphatic hydroxyl groups is 1. The van der Waals surface area contributed by atoms with Gasteiger partial charge in [0.15, 0.2) is 0 Å². The van der Waals surface area contributed by atoms with Crippen LogP contribution in [0.5, 0.6) is 0 Å². The highest BCUT2D eigenvalue weighted by molar-refractivity contribution is 5.39. The highest BCUT2D eigenvalue weighted by Crippen LogP contribution is 2.73. The largest absolute Gasteiger partial charge is 0.393 e. The van der Waals surface area contributed by atoms with Crippen LogP contribution in [0.25, 0.3) is 0 Å². The van der Waals surface area contributed by atoms with Crippen LogP contribution in [0.2, 0.25) is 0 Å². The van der Waals surface area contributed by atoms with Gasteiger partial charge in [-0.3, -0.25) is 0 Å². The van der Waals surface area contributed by atoms with Gasteiger partial charge in [-0.15, -0.1) is 0 Å². The smallest absolute Gasteiger partial charge is 0.0623 e. The predicted molar refractivity (Wildman–Crippen MR) is 132 cm³/mol. The Kier molecular flexibility index (Phi) is 5.36. The third kappa shape index (κ3) is 2.90. The summed E-state index contributed by atoms with van der Waals surface area (Å²) in [5.41, 5.74) is 4.58. The SMILES string of the molecule is CC(C)C1CC[C@@H](C)[C@H]2C(C[C@@]3(C)C4=C(CC[C@]23C)[C@@]2(C)CC[C@@H](O)C(C)(C)[C@@H]2CC4)O1. The molecule has 0 spiro atoms. The quantitative estimate of drug-likeness (QED) is 0.425. The van der Waals surface area contributed by atoms with Crippen LogP contribution in [-0.2, 0) is 4.74 Å². The van der Waals surface area contributed by atoms with Gasteiger partial charge in [-0.25, -0.2) is 0 Å². The van der Waals surface area contributed by atoms with Crippen molar-refractivity contribution in [3.05, 3.63) is 11.1 Å². The lowest BCUT2D eigenvalue weighted by atomic mass is 9.43. The Morgan fingerprint density at radius 2 is 1.62 bits per heavy atom. The zero-order valence-corrected chi connectivity index (χ0v) is 22.3. The van der Waals surface area contributed by atoms with Crippen LogP contribution in [0, 0.1) is 45.3 Å². The lowest BCUT2D eigenvalue weighted by Gasteiger charge is -2.62. The summed E-state index contributed by atoms with van der Waals surface area (Å²) in [7, 11) is 0. The van der Waals surface area contributed by atoms with E-state index in [-0.39, 0.29) is 22.3 Å². The Hall–Kier alpha value is -0.340. The molecule has 0 radical (unpaired) electrons. The van der Waals surface area contributed by atoms with Crippen molar-refractivity contribution in [2.24, 2.45) is 45.3 Å². The molecule has 2 saturated carbocycles. The molecule has 0 bridgehead atoms. The second kappa shape index (κ2) is 7.33. The fraction of sp³-hybridized carbons (Fsp3) is 0.933. The minimum atomic E-state index is -0.146. The van der Waals surface area contributed by atoms with Crippen molar-refractivity contribution >= 4 is 0 Å². The van der Waals surface area contributed by atoms with E-state index in [4.69, 9.17) is 4.74 Å². The fourth-order valence-corrected chi connectivity index (χ4v) is 10.3. The van der Waals surface area contributed by atoms with E-state index in [1.807, 2.05) is 11.1 Å². The molecule has 1 saturated heterocycles. The van der Waals surface area contributed by atoms with Crippen molar-refractivity contribution in [1.29, 1.82) is 0 Å². The third-order valence-corrected chi connectivity index (χ3v) is 12.4. The molecule has 2 unspecified atom stereocenters. The van der Waals surface area contributed by atoms with Crippen LogP contribution < -0.4 is 0 Å². The molecule has 1 aliphatic heterocycles. The normalized spacial score (nSPS) is 52.7. The molecular weight excluding hydrogens is 392 g/mol. The molecule has 32 heavy (non-hydrogen) atoms. The predicted octanol–water partition coefficient (Wildman–Crippen LogP) is 7.55. The number of hydrogen-bond donors (Lipinski definition) is 1. The molecule has 0 aromatic carbocycles. The van der Waals surface area contributed by atoms with Crippen LogP contribution in [0.15, 0.2) is 11.1 Å². The maximum atomic E-state index is 10.9. The summed E-state index contributed by atoms with van der Waals surface area (Å²) in [4.78, 5) is 0.